The van der Waals surface area contributed by atoms with Gasteiger partial charge in [0.25, 0.3) is 0 Å². The van der Waals surface area contributed by atoms with Gasteiger partial charge in [-0.2, -0.15) is 0 Å². The molecular formula is C12H19NO3S. The Morgan fingerprint density at radius 1 is 1.18 bits per heavy atom. The van der Waals surface area contributed by atoms with E-state index in [4.69, 9.17) is 5.11 Å². The zero-order chi connectivity index (χ0) is 13.2. The lowest BCUT2D eigenvalue weighted by Crippen LogP contribution is -2.31. The highest BCUT2D eigenvalue weighted by Gasteiger charge is 2.17. The van der Waals surface area contributed by atoms with Gasteiger partial charge in [-0.25, -0.2) is 13.1 Å². The minimum absolute atomic E-state index is 0.0225. The summed E-state index contributed by atoms with van der Waals surface area (Å²) in [5, 5.41) is 9.10. The predicted molar refractivity (Wildman–Crippen MR) is 67.5 cm³/mol. The summed E-state index contributed by atoms with van der Waals surface area (Å²) in [5.74, 6) is 0. The summed E-state index contributed by atoms with van der Waals surface area (Å²) in [6.45, 7) is 7.15. The van der Waals surface area contributed by atoms with E-state index in [1.807, 2.05) is 19.9 Å². The number of sulfonamides is 1. The van der Waals surface area contributed by atoms with Crippen LogP contribution in [-0.4, -0.2) is 26.2 Å². The molecule has 1 aromatic rings. The van der Waals surface area contributed by atoms with Crippen molar-refractivity contribution in [3.63, 3.8) is 0 Å². The van der Waals surface area contributed by atoms with E-state index in [2.05, 4.69) is 4.72 Å². The molecule has 0 spiro atoms. The molecule has 17 heavy (non-hydrogen) atoms. The molecule has 2 N–H and O–H groups in total. The molecule has 0 saturated heterocycles. The molecule has 1 atom stereocenters. The second-order valence-corrected chi connectivity index (χ2v) is 6.14. The third-order valence-corrected chi connectivity index (χ3v) is 4.22. The Labute approximate surface area is 103 Å². The van der Waals surface area contributed by atoms with Gasteiger partial charge in [0.1, 0.15) is 0 Å². The van der Waals surface area contributed by atoms with Crippen LogP contribution < -0.4 is 4.72 Å². The molecule has 0 bridgehead atoms. The average molecular weight is 257 g/mol. The van der Waals surface area contributed by atoms with Crippen molar-refractivity contribution in [1.82, 2.24) is 4.72 Å². The zero-order valence-corrected chi connectivity index (χ0v) is 11.4. The summed E-state index contributed by atoms with van der Waals surface area (Å²) in [6.07, 6.45) is -0.698. The third-order valence-electron chi connectivity index (χ3n) is 2.65. The first kappa shape index (κ1) is 14.2. The van der Waals surface area contributed by atoms with Crippen LogP contribution in [0, 0.1) is 20.8 Å². The van der Waals surface area contributed by atoms with Crippen molar-refractivity contribution in [3.05, 3.63) is 28.8 Å². The first-order valence-electron chi connectivity index (χ1n) is 5.49. The van der Waals surface area contributed by atoms with Crippen LogP contribution in [0.4, 0.5) is 0 Å². The van der Waals surface area contributed by atoms with Gasteiger partial charge in [0.15, 0.2) is 0 Å². The van der Waals surface area contributed by atoms with Crippen molar-refractivity contribution >= 4 is 10.0 Å². The number of hydrogen-bond acceptors (Lipinski definition) is 3. The van der Waals surface area contributed by atoms with Gasteiger partial charge in [0.05, 0.1) is 11.0 Å². The summed E-state index contributed by atoms with van der Waals surface area (Å²) >= 11 is 0. The molecule has 4 nitrogen and oxygen atoms in total. The molecule has 0 radical (unpaired) electrons. The third kappa shape index (κ3) is 3.52. The average Bonchev–Trinajstić information content (AvgIpc) is 2.20. The lowest BCUT2D eigenvalue weighted by molar-refractivity contribution is 0.198. The molecule has 0 heterocycles. The molecule has 0 amide bonds. The predicted octanol–water partition coefficient (Wildman–Crippen LogP) is 1.27. The fourth-order valence-electron chi connectivity index (χ4n) is 1.53. The molecule has 5 heteroatoms. The number of hydrogen-bond donors (Lipinski definition) is 2. The Balaban J connectivity index is 3.11. The van der Waals surface area contributed by atoms with Crippen LogP contribution in [0.5, 0.6) is 0 Å². The van der Waals surface area contributed by atoms with Gasteiger partial charge in [-0.15, -0.1) is 0 Å². The minimum Gasteiger partial charge on any atom is -0.392 e. The smallest absolute Gasteiger partial charge is 0.240 e. The van der Waals surface area contributed by atoms with Crippen molar-refractivity contribution in [1.29, 1.82) is 0 Å². The Morgan fingerprint density at radius 2 is 1.71 bits per heavy atom. The molecule has 0 unspecified atom stereocenters. The van der Waals surface area contributed by atoms with Crippen molar-refractivity contribution in [2.75, 3.05) is 6.54 Å². The number of aliphatic hydroxyl groups excluding tert-OH is 1. The summed E-state index contributed by atoms with van der Waals surface area (Å²) in [6, 6.07) is 3.52. The SMILES string of the molecule is Cc1cc(C)c(S(=O)(=O)NC[C@@H](C)O)cc1C. The van der Waals surface area contributed by atoms with Crippen LogP contribution in [0.15, 0.2) is 17.0 Å². The van der Waals surface area contributed by atoms with E-state index in [0.717, 1.165) is 11.1 Å². The van der Waals surface area contributed by atoms with Crippen molar-refractivity contribution in [2.24, 2.45) is 0 Å². The van der Waals surface area contributed by atoms with E-state index in [1.54, 1.807) is 13.0 Å². The molecule has 0 fully saturated rings. The molecular weight excluding hydrogens is 238 g/mol. The first-order chi connectivity index (χ1) is 7.74. The number of aliphatic hydroxyl groups is 1. The summed E-state index contributed by atoms with van der Waals surface area (Å²) < 4.78 is 26.4. The van der Waals surface area contributed by atoms with Gasteiger partial charge in [-0.1, -0.05) is 6.07 Å². The standard InChI is InChI=1S/C12H19NO3S/c1-8-5-10(3)12(6-9(8)2)17(15,16)13-7-11(4)14/h5-6,11,13-14H,7H2,1-4H3/t11-/m1/s1. The van der Waals surface area contributed by atoms with Crippen LogP contribution >= 0.6 is 0 Å². The van der Waals surface area contributed by atoms with E-state index < -0.39 is 16.1 Å². The van der Waals surface area contributed by atoms with E-state index in [1.165, 1.54) is 6.92 Å². The van der Waals surface area contributed by atoms with Gasteiger partial charge in [0.2, 0.25) is 10.0 Å². The molecule has 0 aliphatic rings. The second kappa shape index (κ2) is 5.16. The van der Waals surface area contributed by atoms with Crippen LogP contribution in [-0.2, 0) is 10.0 Å². The molecule has 96 valence electrons. The van der Waals surface area contributed by atoms with Crippen LogP contribution in [0.25, 0.3) is 0 Å². The Kier molecular flexibility index (Phi) is 4.30. The quantitative estimate of drug-likeness (QED) is 0.853. The Hall–Kier alpha value is -0.910. The molecule has 0 aromatic heterocycles. The highest BCUT2D eigenvalue weighted by molar-refractivity contribution is 7.89. The maximum absolute atomic E-state index is 12.0. The minimum atomic E-state index is -3.54. The van der Waals surface area contributed by atoms with E-state index in [9.17, 15) is 8.42 Å². The van der Waals surface area contributed by atoms with Gasteiger partial charge in [-0.05, 0) is 50.5 Å². The van der Waals surface area contributed by atoms with Gasteiger partial charge < -0.3 is 5.11 Å². The number of aryl methyl sites for hydroxylation is 3. The zero-order valence-electron chi connectivity index (χ0n) is 10.6. The van der Waals surface area contributed by atoms with Crippen LogP contribution in [0.1, 0.15) is 23.6 Å². The van der Waals surface area contributed by atoms with Crippen molar-refractivity contribution < 1.29 is 13.5 Å². The van der Waals surface area contributed by atoms with Gasteiger partial charge in [-0.3, -0.25) is 0 Å². The first-order valence-corrected chi connectivity index (χ1v) is 6.98. The van der Waals surface area contributed by atoms with Crippen molar-refractivity contribution in [3.8, 4) is 0 Å². The largest absolute Gasteiger partial charge is 0.392 e. The van der Waals surface area contributed by atoms with E-state index in [-0.39, 0.29) is 11.4 Å². The summed E-state index contributed by atoms with van der Waals surface area (Å²) in [4.78, 5) is 0.279. The van der Waals surface area contributed by atoms with Crippen LogP contribution in [0.2, 0.25) is 0 Å². The fourth-order valence-corrected chi connectivity index (χ4v) is 2.96. The highest BCUT2D eigenvalue weighted by atomic mass is 32.2. The van der Waals surface area contributed by atoms with Crippen LogP contribution in [0.3, 0.4) is 0 Å². The summed E-state index contributed by atoms with van der Waals surface area (Å²) in [5.41, 5.74) is 2.72. The molecule has 0 aliphatic carbocycles. The topological polar surface area (TPSA) is 66.4 Å². The number of benzene rings is 1. The fraction of sp³-hybridized carbons (Fsp3) is 0.500. The van der Waals surface area contributed by atoms with E-state index in [0.29, 0.717) is 5.56 Å². The van der Waals surface area contributed by atoms with E-state index >= 15 is 0 Å². The van der Waals surface area contributed by atoms with Gasteiger partial charge >= 0.3 is 0 Å². The maximum atomic E-state index is 12.0. The number of nitrogens with one attached hydrogen (secondary N) is 1. The maximum Gasteiger partial charge on any atom is 0.240 e. The molecule has 1 rings (SSSR count). The lowest BCUT2D eigenvalue weighted by Gasteiger charge is -2.12. The Morgan fingerprint density at radius 3 is 2.24 bits per heavy atom. The lowest BCUT2D eigenvalue weighted by atomic mass is 10.1. The molecule has 0 saturated carbocycles. The van der Waals surface area contributed by atoms with Gasteiger partial charge in [0, 0.05) is 6.54 Å². The normalized spacial score (nSPS) is 13.7. The number of rotatable bonds is 4. The summed E-state index contributed by atoms with van der Waals surface area (Å²) in [7, 11) is -3.54. The molecule has 0 aliphatic heterocycles. The molecule has 1 aromatic carbocycles. The van der Waals surface area contributed by atoms with Crippen molar-refractivity contribution in [2.45, 2.75) is 38.7 Å². The Bertz CT molecular complexity index is 507. The second-order valence-electron chi connectivity index (χ2n) is 4.40. The highest BCUT2D eigenvalue weighted by Crippen LogP contribution is 2.19. The monoisotopic (exact) mass is 257 g/mol.